The lowest BCUT2D eigenvalue weighted by molar-refractivity contribution is -0.160. The van der Waals surface area contributed by atoms with Crippen molar-refractivity contribution in [2.45, 2.75) is 91.1 Å². The highest BCUT2D eigenvalue weighted by molar-refractivity contribution is 5.83. The van der Waals surface area contributed by atoms with Gasteiger partial charge in [-0.2, -0.15) is 0 Å². The fourth-order valence-electron chi connectivity index (χ4n) is 8.44. The van der Waals surface area contributed by atoms with E-state index in [-0.39, 0.29) is 29.3 Å². The molecule has 0 aromatic rings. The molecule has 4 saturated carbocycles. The molecule has 4 nitrogen and oxygen atoms in total. The summed E-state index contributed by atoms with van der Waals surface area (Å²) < 4.78 is 0. The molecule has 0 aromatic carbocycles. The molecule has 0 heterocycles. The fraction of sp³-hybridized carbons (Fsp3) is 0.917. The molecular weight excluding hydrogens is 352 g/mol. The van der Waals surface area contributed by atoms with Crippen LogP contribution in [-0.4, -0.2) is 28.1 Å². The maximum absolute atomic E-state index is 13.3. The monoisotopic (exact) mass is 390 g/mol. The van der Waals surface area contributed by atoms with Crippen LogP contribution in [0.4, 0.5) is 0 Å². The molecule has 28 heavy (non-hydrogen) atoms. The molecule has 0 saturated heterocycles. The Morgan fingerprint density at radius 3 is 2.50 bits per heavy atom. The van der Waals surface area contributed by atoms with Crippen molar-refractivity contribution in [3.05, 3.63) is 0 Å². The summed E-state index contributed by atoms with van der Waals surface area (Å²) in [6.45, 7) is 7.06. The standard InChI is InChI=1S/C24H38O4/c1-14(4-7-21(27)28)17-5-6-18-22-19(9-11-24(17,18)3)23(2)10-8-16(25)12-15(23)13-20(22)26/h14-19,22,25H,4-13H2,1-3H3,(H,27,28)/t14-,15?,16-,17-,18?,19+,22?,23+,24-/m1/s1. The molecule has 0 spiro atoms. The van der Waals surface area contributed by atoms with Gasteiger partial charge in [0.25, 0.3) is 0 Å². The second kappa shape index (κ2) is 7.11. The Kier molecular flexibility index (Phi) is 5.17. The minimum absolute atomic E-state index is 0.187. The number of aliphatic hydroxyl groups is 1. The van der Waals surface area contributed by atoms with Gasteiger partial charge in [-0.15, -0.1) is 0 Å². The van der Waals surface area contributed by atoms with Gasteiger partial charge in [-0.05, 0) is 91.8 Å². The molecule has 4 aliphatic rings. The highest BCUT2D eigenvalue weighted by Gasteiger charge is 2.62. The van der Waals surface area contributed by atoms with Crippen molar-refractivity contribution in [3.63, 3.8) is 0 Å². The van der Waals surface area contributed by atoms with Gasteiger partial charge in [-0.25, -0.2) is 0 Å². The minimum Gasteiger partial charge on any atom is -0.481 e. The minimum atomic E-state index is -0.698. The van der Waals surface area contributed by atoms with E-state index in [0.717, 1.165) is 44.9 Å². The van der Waals surface area contributed by atoms with E-state index in [1.807, 2.05) is 0 Å². The maximum Gasteiger partial charge on any atom is 0.303 e. The number of carboxylic acid groups (broad SMARTS) is 1. The molecule has 0 bridgehead atoms. The summed E-state index contributed by atoms with van der Waals surface area (Å²) in [7, 11) is 0. The maximum atomic E-state index is 13.3. The number of hydrogen-bond acceptors (Lipinski definition) is 3. The van der Waals surface area contributed by atoms with E-state index in [2.05, 4.69) is 20.8 Å². The molecule has 0 amide bonds. The fourth-order valence-corrected chi connectivity index (χ4v) is 8.44. The number of rotatable bonds is 4. The summed E-state index contributed by atoms with van der Waals surface area (Å²) in [6.07, 6.45) is 8.81. The number of fused-ring (bicyclic) bond motifs is 5. The van der Waals surface area contributed by atoms with Crippen molar-refractivity contribution in [3.8, 4) is 0 Å². The van der Waals surface area contributed by atoms with Crippen molar-refractivity contribution < 1.29 is 19.8 Å². The Morgan fingerprint density at radius 2 is 1.79 bits per heavy atom. The predicted octanol–water partition coefficient (Wildman–Crippen LogP) is 4.69. The molecule has 0 aliphatic heterocycles. The Bertz CT molecular complexity index is 645. The van der Waals surface area contributed by atoms with Gasteiger partial charge < -0.3 is 10.2 Å². The molecule has 4 aliphatic carbocycles. The van der Waals surface area contributed by atoms with Crippen molar-refractivity contribution in [2.24, 2.45) is 46.3 Å². The zero-order valence-electron chi connectivity index (χ0n) is 17.8. The Balaban J connectivity index is 1.56. The van der Waals surface area contributed by atoms with Crippen LogP contribution in [0.3, 0.4) is 0 Å². The molecule has 0 radical (unpaired) electrons. The first-order valence-electron chi connectivity index (χ1n) is 11.6. The van der Waals surface area contributed by atoms with Gasteiger partial charge in [0.2, 0.25) is 0 Å². The average molecular weight is 391 g/mol. The van der Waals surface area contributed by atoms with E-state index in [1.54, 1.807) is 0 Å². The third-order valence-electron chi connectivity index (χ3n) is 10.0. The van der Waals surface area contributed by atoms with Gasteiger partial charge in [-0.3, -0.25) is 9.59 Å². The van der Waals surface area contributed by atoms with E-state index in [9.17, 15) is 14.7 Å². The van der Waals surface area contributed by atoms with Crippen LogP contribution in [0.15, 0.2) is 0 Å². The number of aliphatic carboxylic acids is 1. The molecule has 2 N–H and O–H groups in total. The first kappa shape index (κ1) is 20.4. The predicted molar refractivity (Wildman–Crippen MR) is 108 cm³/mol. The van der Waals surface area contributed by atoms with Crippen LogP contribution >= 0.6 is 0 Å². The first-order valence-corrected chi connectivity index (χ1v) is 11.6. The summed E-state index contributed by atoms with van der Waals surface area (Å²) >= 11 is 0. The molecule has 4 heteroatoms. The highest BCUT2D eigenvalue weighted by atomic mass is 16.4. The van der Waals surface area contributed by atoms with Crippen LogP contribution < -0.4 is 0 Å². The summed E-state index contributed by atoms with van der Waals surface area (Å²) in [5, 5.41) is 19.3. The topological polar surface area (TPSA) is 74.6 Å². The van der Waals surface area contributed by atoms with Crippen LogP contribution in [0.25, 0.3) is 0 Å². The number of carbonyl (C=O) groups is 2. The Labute approximate surface area is 169 Å². The summed E-state index contributed by atoms with van der Waals surface area (Å²) in [5.74, 6) is 2.25. The summed E-state index contributed by atoms with van der Waals surface area (Å²) in [5.41, 5.74) is 0.401. The van der Waals surface area contributed by atoms with Gasteiger partial charge in [0.15, 0.2) is 0 Å². The lowest BCUT2D eigenvalue weighted by Gasteiger charge is -2.60. The largest absolute Gasteiger partial charge is 0.481 e. The van der Waals surface area contributed by atoms with Gasteiger partial charge in [-0.1, -0.05) is 20.8 Å². The van der Waals surface area contributed by atoms with Crippen LogP contribution in [0.2, 0.25) is 0 Å². The van der Waals surface area contributed by atoms with E-state index < -0.39 is 5.97 Å². The van der Waals surface area contributed by atoms with Crippen LogP contribution in [0, 0.1) is 46.3 Å². The van der Waals surface area contributed by atoms with Crippen LogP contribution in [-0.2, 0) is 9.59 Å². The first-order chi connectivity index (χ1) is 13.2. The Hall–Kier alpha value is -0.900. The number of hydrogen-bond donors (Lipinski definition) is 2. The number of ketones is 1. The zero-order chi connectivity index (χ0) is 20.3. The van der Waals surface area contributed by atoms with E-state index in [1.165, 1.54) is 6.42 Å². The zero-order valence-corrected chi connectivity index (χ0v) is 17.8. The lowest BCUT2D eigenvalue weighted by Crippen LogP contribution is -2.57. The second-order valence-electron chi connectivity index (χ2n) is 11.2. The van der Waals surface area contributed by atoms with Gasteiger partial charge in [0.1, 0.15) is 5.78 Å². The van der Waals surface area contributed by atoms with Crippen LogP contribution in [0.1, 0.15) is 85.0 Å². The van der Waals surface area contributed by atoms with Crippen molar-refractivity contribution in [1.82, 2.24) is 0 Å². The molecule has 4 fully saturated rings. The van der Waals surface area contributed by atoms with Gasteiger partial charge in [0.05, 0.1) is 6.10 Å². The third-order valence-corrected chi connectivity index (χ3v) is 10.0. The van der Waals surface area contributed by atoms with Crippen molar-refractivity contribution >= 4 is 11.8 Å². The number of carboxylic acids is 1. The number of aliphatic hydroxyl groups excluding tert-OH is 1. The molecular formula is C24H38O4. The third kappa shape index (κ3) is 3.05. The molecule has 0 aromatic heterocycles. The van der Waals surface area contributed by atoms with Crippen LogP contribution in [0.5, 0.6) is 0 Å². The van der Waals surface area contributed by atoms with E-state index >= 15 is 0 Å². The molecule has 158 valence electrons. The second-order valence-corrected chi connectivity index (χ2v) is 11.2. The smallest absolute Gasteiger partial charge is 0.303 e. The summed E-state index contributed by atoms with van der Waals surface area (Å²) in [6, 6.07) is 0. The average Bonchev–Trinajstić information content (AvgIpc) is 2.98. The Morgan fingerprint density at radius 1 is 1.11 bits per heavy atom. The summed E-state index contributed by atoms with van der Waals surface area (Å²) in [4.78, 5) is 24.4. The molecule has 9 atom stereocenters. The molecule has 4 rings (SSSR count). The number of Topliss-reactive ketones (excluding diaryl/α,β-unsaturated/α-hetero) is 1. The highest BCUT2D eigenvalue weighted by Crippen LogP contribution is 2.67. The SMILES string of the molecule is C[C@H](CCC(=O)O)[C@H]1CCC2C3C(=O)CC4C[C@H](O)CC[C@]4(C)[C@H]3CC[C@@]21C. The lowest BCUT2D eigenvalue weighted by atomic mass is 9.44. The quantitative estimate of drug-likeness (QED) is 0.730. The van der Waals surface area contributed by atoms with Crippen molar-refractivity contribution in [1.29, 1.82) is 0 Å². The van der Waals surface area contributed by atoms with E-state index in [4.69, 9.17) is 5.11 Å². The van der Waals surface area contributed by atoms with Gasteiger partial charge >= 0.3 is 5.97 Å². The van der Waals surface area contributed by atoms with Gasteiger partial charge in [0, 0.05) is 18.8 Å². The van der Waals surface area contributed by atoms with E-state index in [0.29, 0.717) is 41.8 Å². The number of carbonyl (C=O) groups excluding carboxylic acids is 1. The van der Waals surface area contributed by atoms with Crippen molar-refractivity contribution in [2.75, 3.05) is 0 Å². The molecule has 3 unspecified atom stereocenters. The normalized spacial score (nSPS) is 49.1.